The Hall–Kier alpha value is -0.570. The quantitative estimate of drug-likeness (QED) is 0.841. The standard InChI is InChI=1S/C16H23NO2/c18-14-13(1-3-17-14)19-4-2-15-7-10-5-11-6-12(9-15)16(11,15)8-10/h10-13H,1-9H2,(H,17,18). The van der Waals surface area contributed by atoms with Crippen LogP contribution in [0.1, 0.15) is 44.9 Å². The summed E-state index contributed by atoms with van der Waals surface area (Å²) in [6, 6.07) is 0. The molecule has 6 atom stereocenters. The first-order valence-corrected chi connectivity index (χ1v) is 8.13. The molecule has 104 valence electrons. The van der Waals surface area contributed by atoms with Crippen LogP contribution in [0.2, 0.25) is 0 Å². The number of hydrogen-bond donors (Lipinski definition) is 1. The minimum absolute atomic E-state index is 0.108. The van der Waals surface area contributed by atoms with Crippen molar-refractivity contribution >= 4 is 5.91 Å². The zero-order chi connectivity index (χ0) is 12.7. The summed E-state index contributed by atoms with van der Waals surface area (Å²) >= 11 is 0. The predicted octanol–water partition coefficient (Wildman–Crippen LogP) is 2.11. The monoisotopic (exact) mass is 261 g/mol. The van der Waals surface area contributed by atoms with E-state index in [0.29, 0.717) is 5.41 Å². The molecule has 3 heteroatoms. The zero-order valence-electron chi connectivity index (χ0n) is 11.5. The number of nitrogens with one attached hydrogen (secondary N) is 1. The van der Waals surface area contributed by atoms with Crippen LogP contribution in [0.25, 0.3) is 0 Å². The van der Waals surface area contributed by atoms with E-state index < -0.39 is 0 Å². The molecular formula is C16H23NO2. The Morgan fingerprint density at radius 2 is 2.16 bits per heavy atom. The summed E-state index contributed by atoms with van der Waals surface area (Å²) in [5.74, 6) is 3.28. The smallest absolute Gasteiger partial charge is 0.249 e. The van der Waals surface area contributed by atoms with Crippen LogP contribution < -0.4 is 5.32 Å². The largest absolute Gasteiger partial charge is 0.368 e. The van der Waals surface area contributed by atoms with Gasteiger partial charge in [-0.05, 0) is 73.5 Å². The molecule has 5 fully saturated rings. The van der Waals surface area contributed by atoms with Gasteiger partial charge in [-0.2, -0.15) is 0 Å². The predicted molar refractivity (Wildman–Crippen MR) is 70.4 cm³/mol. The van der Waals surface area contributed by atoms with E-state index in [0.717, 1.165) is 42.7 Å². The lowest BCUT2D eigenvalue weighted by atomic mass is 9.31. The molecule has 1 amide bonds. The fourth-order valence-corrected chi connectivity index (χ4v) is 6.96. The number of carbonyl (C=O) groups is 1. The van der Waals surface area contributed by atoms with E-state index in [1.54, 1.807) is 0 Å². The molecule has 0 aromatic heterocycles. The molecule has 1 aliphatic heterocycles. The fraction of sp³-hybridized carbons (Fsp3) is 0.938. The van der Waals surface area contributed by atoms with Crippen LogP contribution in [-0.4, -0.2) is 25.2 Å². The minimum Gasteiger partial charge on any atom is -0.368 e. The van der Waals surface area contributed by atoms with Gasteiger partial charge in [0.25, 0.3) is 0 Å². The second-order valence-corrected chi connectivity index (χ2v) is 7.85. The highest BCUT2D eigenvalue weighted by Gasteiger charge is 2.79. The van der Waals surface area contributed by atoms with Crippen molar-refractivity contribution in [2.45, 2.75) is 51.0 Å². The first-order chi connectivity index (χ1) is 9.23. The Balaban J connectivity index is 1.25. The Bertz CT molecular complexity index is 450. The SMILES string of the molecule is O=C1NCCC1OCCC12CC3CC4CC(C1)C42C3. The van der Waals surface area contributed by atoms with Crippen molar-refractivity contribution in [3.8, 4) is 0 Å². The fourth-order valence-electron chi connectivity index (χ4n) is 6.96. The molecule has 1 spiro atoms. The number of ether oxygens (including phenoxy) is 1. The molecule has 3 nitrogen and oxygen atoms in total. The first-order valence-electron chi connectivity index (χ1n) is 8.13. The maximum Gasteiger partial charge on any atom is 0.249 e. The van der Waals surface area contributed by atoms with Crippen LogP contribution in [-0.2, 0) is 9.53 Å². The lowest BCUT2D eigenvalue weighted by molar-refractivity contribution is -0.251. The summed E-state index contributed by atoms with van der Waals surface area (Å²) in [5.41, 5.74) is 1.40. The molecular weight excluding hydrogens is 238 g/mol. The van der Waals surface area contributed by atoms with Crippen LogP contribution in [0.5, 0.6) is 0 Å². The molecule has 5 aliphatic rings. The lowest BCUT2D eigenvalue weighted by Crippen LogP contribution is -2.66. The van der Waals surface area contributed by atoms with Crippen molar-refractivity contribution < 1.29 is 9.53 Å². The number of hydrogen-bond acceptors (Lipinski definition) is 2. The van der Waals surface area contributed by atoms with Crippen molar-refractivity contribution in [1.29, 1.82) is 0 Å². The Kier molecular flexibility index (Phi) is 1.97. The summed E-state index contributed by atoms with van der Waals surface area (Å²) < 4.78 is 5.87. The lowest BCUT2D eigenvalue weighted by Gasteiger charge is -2.73. The number of amides is 1. The molecule has 1 saturated heterocycles. The highest BCUT2D eigenvalue weighted by atomic mass is 16.5. The van der Waals surface area contributed by atoms with Crippen LogP contribution >= 0.6 is 0 Å². The van der Waals surface area contributed by atoms with Gasteiger partial charge < -0.3 is 10.1 Å². The molecule has 6 unspecified atom stereocenters. The molecule has 0 aromatic rings. The van der Waals surface area contributed by atoms with Crippen molar-refractivity contribution in [1.82, 2.24) is 5.32 Å². The van der Waals surface area contributed by atoms with Crippen molar-refractivity contribution in [3.05, 3.63) is 0 Å². The Morgan fingerprint density at radius 1 is 1.21 bits per heavy atom. The van der Waals surface area contributed by atoms with E-state index in [9.17, 15) is 4.79 Å². The van der Waals surface area contributed by atoms with Gasteiger partial charge >= 0.3 is 0 Å². The summed E-state index contributed by atoms with van der Waals surface area (Å²) in [6.07, 6.45) is 9.48. The average Bonchev–Trinajstić information content (AvgIpc) is 2.98. The second-order valence-electron chi connectivity index (χ2n) is 7.85. The normalized spacial score (nSPS) is 56.5. The molecule has 5 rings (SSSR count). The number of carbonyl (C=O) groups excluding carboxylic acids is 1. The highest BCUT2D eigenvalue weighted by Crippen LogP contribution is 2.87. The van der Waals surface area contributed by atoms with Crippen LogP contribution in [0.3, 0.4) is 0 Å². The summed E-state index contributed by atoms with van der Waals surface area (Å²) in [5, 5.41) is 2.86. The van der Waals surface area contributed by atoms with Gasteiger partial charge in [0.15, 0.2) is 0 Å². The maximum absolute atomic E-state index is 11.5. The number of fused-ring (bicyclic) bond motifs is 1. The van der Waals surface area contributed by atoms with Crippen LogP contribution in [0.4, 0.5) is 0 Å². The van der Waals surface area contributed by atoms with Gasteiger partial charge in [0.05, 0.1) is 0 Å². The van der Waals surface area contributed by atoms with E-state index >= 15 is 0 Å². The topological polar surface area (TPSA) is 38.3 Å². The third-order valence-electron chi connectivity index (χ3n) is 7.47. The van der Waals surface area contributed by atoms with E-state index in [1.165, 1.54) is 38.5 Å². The third-order valence-corrected chi connectivity index (χ3v) is 7.47. The molecule has 4 aliphatic carbocycles. The maximum atomic E-state index is 11.5. The van der Waals surface area contributed by atoms with Crippen LogP contribution in [0, 0.1) is 28.6 Å². The second kappa shape index (κ2) is 3.36. The van der Waals surface area contributed by atoms with E-state index in [2.05, 4.69) is 5.32 Å². The Morgan fingerprint density at radius 3 is 2.89 bits per heavy atom. The molecule has 0 radical (unpaired) electrons. The average molecular weight is 261 g/mol. The zero-order valence-corrected chi connectivity index (χ0v) is 11.5. The van der Waals surface area contributed by atoms with Gasteiger partial charge in [-0.3, -0.25) is 4.79 Å². The molecule has 1 N–H and O–H groups in total. The third kappa shape index (κ3) is 1.14. The molecule has 19 heavy (non-hydrogen) atoms. The van der Waals surface area contributed by atoms with Gasteiger partial charge in [-0.1, -0.05) is 0 Å². The summed E-state index contributed by atoms with van der Waals surface area (Å²) in [7, 11) is 0. The minimum atomic E-state index is -0.152. The van der Waals surface area contributed by atoms with Crippen LogP contribution in [0.15, 0.2) is 0 Å². The van der Waals surface area contributed by atoms with Gasteiger partial charge in [0.1, 0.15) is 6.10 Å². The van der Waals surface area contributed by atoms with Gasteiger partial charge in [0, 0.05) is 13.2 Å². The molecule has 2 bridgehead atoms. The molecule has 0 aromatic carbocycles. The first kappa shape index (κ1) is 11.1. The van der Waals surface area contributed by atoms with Crippen molar-refractivity contribution in [3.63, 3.8) is 0 Å². The van der Waals surface area contributed by atoms with E-state index in [-0.39, 0.29) is 12.0 Å². The number of rotatable bonds is 4. The summed E-state index contributed by atoms with van der Waals surface area (Å²) in [6.45, 7) is 1.61. The van der Waals surface area contributed by atoms with Gasteiger partial charge in [-0.15, -0.1) is 0 Å². The van der Waals surface area contributed by atoms with E-state index in [1.807, 2.05) is 0 Å². The van der Waals surface area contributed by atoms with Crippen molar-refractivity contribution in [2.75, 3.05) is 13.2 Å². The van der Waals surface area contributed by atoms with E-state index in [4.69, 9.17) is 4.74 Å². The van der Waals surface area contributed by atoms with Gasteiger partial charge in [-0.25, -0.2) is 0 Å². The highest BCUT2D eigenvalue weighted by molar-refractivity contribution is 5.82. The van der Waals surface area contributed by atoms with Gasteiger partial charge in [0.2, 0.25) is 5.91 Å². The molecule has 1 heterocycles. The molecule has 4 saturated carbocycles. The summed E-state index contributed by atoms with van der Waals surface area (Å²) in [4.78, 5) is 11.5. The van der Waals surface area contributed by atoms with Crippen molar-refractivity contribution in [2.24, 2.45) is 28.6 Å². The Labute approximate surface area is 114 Å².